The van der Waals surface area contributed by atoms with E-state index in [2.05, 4.69) is 10.6 Å². The summed E-state index contributed by atoms with van der Waals surface area (Å²) in [4.78, 5) is 24.9. The molecule has 2 N–H and O–H groups in total. The van der Waals surface area contributed by atoms with E-state index in [4.69, 9.17) is 14.2 Å². The van der Waals surface area contributed by atoms with E-state index in [0.29, 0.717) is 41.5 Å². The normalized spacial score (nSPS) is 15.9. The number of nitrogens with one attached hydrogen (secondary N) is 2. The van der Waals surface area contributed by atoms with E-state index in [-0.39, 0.29) is 11.9 Å². The summed E-state index contributed by atoms with van der Waals surface area (Å²) in [7, 11) is 1.55. The fraction of sp³-hybridized carbons (Fsp3) is 0.333. The quantitative estimate of drug-likeness (QED) is 0.623. The second-order valence-electron chi connectivity index (χ2n) is 7.75. The molecule has 0 fully saturated rings. The highest BCUT2D eigenvalue weighted by molar-refractivity contribution is 5.95. The second-order valence-corrected chi connectivity index (χ2v) is 7.75. The van der Waals surface area contributed by atoms with Crippen molar-refractivity contribution in [1.29, 1.82) is 0 Å². The Hall–Kier alpha value is -3.48. The van der Waals surface area contributed by atoms with E-state index in [1.54, 1.807) is 26.2 Å². The molecule has 0 radical (unpaired) electrons. The summed E-state index contributed by atoms with van der Waals surface area (Å²) < 4.78 is 16.8. The average molecular weight is 424 g/mol. The number of hydrogen-bond donors (Lipinski definition) is 2. The van der Waals surface area contributed by atoms with Crippen molar-refractivity contribution in [2.45, 2.75) is 33.4 Å². The monoisotopic (exact) mass is 424 g/mol. The second kappa shape index (κ2) is 10.0. The van der Waals surface area contributed by atoms with Gasteiger partial charge in [0.1, 0.15) is 6.61 Å². The third-order valence-electron chi connectivity index (χ3n) is 4.79. The number of methoxy groups -OCH3 is 1. The SMILES string of the molecule is COc1cc([C@H]2NC(=O)NC(C)=C2C(=O)OCC(C)C)ccc1OCc1ccccc1. The molecule has 0 spiro atoms. The highest BCUT2D eigenvalue weighted by Crippen LogP contribution is 2.35. The van der Waals surface area contributed by atoms with Crippen LogP contribution in [-0.4, -0.2) is 25.7 Å². The molecule has 1 aliphatic rings. The molecule has 2 aromatic rings. The molecular formula is C24H28N2O5. The molecule has 1 heterocycles. The zero-order valence-electron chi connectivity index (χ0n) is 18.2. The van der Waals surface area contributed by atoms with Crippen LogP contribution in [0.4, 0.5) is 4.79 Å². The Balaban J connectivity index is 1.85. The number of hydrogen-bond acceptors (Lipinski definition) is 5. The Morgan fingerprint density at radius 1 is 1.10 bits per heavy atom. The molecule has 1 atom stereocenters. The van der Waals surface area contributed by atoms with Crippen molar-refractivity contribution >= 4 is 12.0 Å². The maximum atomic E-state index is 12.8. The number of carbonyl (C=O) groups excluding carboxylic acids is 2. The number of esters is 1. The van der Waals surface area contributed by atoms with Gasteiger partial charge in [-0.25, -0.2) is 9.59 Å². The Morgan fingerprint density at radius 2 is 1.84 bits per heavy atom. The Bertz CT molecular complexity index is 969. The molecule has 0 unspecified atom stereocenters. The molecule has 0 aromatic heterocycles. The summed E-state index contributed by atoms with van der Waals surface area (Å²) in [6.07, 6.45) is 0. The first-order valence-corrected chi connectivity index (χ1v) is 10.2. The van der Waals surface area contributed by atoms with Gasteiger partial charge in [0.15, 0.2) is 11.5 Å². The number of urea groups is 1. The number of amides is 2. The summed E-state index contributed by atoms with van der Waals surface area (Å²) in [5, 5.41) is 5.45. The van der Waals surface area contributed by atoms with Crippen LogP contribution < -0.4 is 20.1 Å². The molecule has 31 heavy (non-hydrogen) atoms. The van der Waals surface area contributed by atoms with Gasteiger partial charge in [0, 0.05) is 5.70 Å². The van der Waals surface area contributed by atoms with Crippen molar-refractivity contribution in [3.63, 3.8) is 0 Å². The Labute approximate surface area is 182 Å². The van der Waals surface area contributed by atoms with Crippen LogP contribution in [-0.2, 0) is 16.1 Å². The molecule has 2 amide bonds. The standard InChI is InChI=1S/C24H28N2O5/c1-15(2)13-31-23(27)21-16(3)25-24(28)26-22(21)18-10-11-19(20(12-18)29-4)30-14-17-8-6-5-7-9-17/h5-12,15,22H,13-14H2,1-4H3,(H2,25,26,28)/t22-/m1/s1. The molecule has 0 saturated carbocycles. The van der Waals surface area contributed by atoms with Crippen LogP contribution in [0.5, 0.6) is 11.5 Å². The lowest BCUT2D eigenvalue weighted by atomic mass is 9.95. The maximum Gasteiger partial charge on any atom is 0.338 e. The highest BCUT2D eigenvalue weighted by atomic mass is 16.5. The Morgan fingerprint density at radius 3 is 2.52 bits per heavy atom. The van der Waals surface area contributed by atoms with E-state index < -0.39 is 12.0 Å². The number of carbonyl (C=O) groups is 2. The fourth-order valence-corrected chi connectivity index (χ4v) is 3.25. The van der Waals surface area contributed by atoms with Crippen LogP contribution in [0.2, 0.25) is 0 Å². The highest BCUT2D eigenvalue weighted by Gasteiger charge is 2.32. The van der Waals surface area contributed by atoms with Gasteiger partial charge in [-0.3, -0.25) is 0 Å². The van der Waals surface area contributed by atoms with Crippen LogP contribution in [0.25, 0.3) is 0 Å². The van der Waals surface area contributed by atoms with Gasteiger partial charge in [-0.1, -0.05) is 50.2 Å². The van der Waals surface area contributed by atoms with Crippen LogP contribution in [0, 0.1) is 5.92 Å². The van der Waals surface area contributed by atoms with Crippen molar-refractivity contribution in [3.05, 3.63) is 70.9 Å². The van der Waals surface area contributed by atoms with E-state index >= 15 is 0 Å². The van der Waals surface area contributed by atoms with Crippen molar-refractivity contribution in [3.8, 4) is 11.5 Å². The van der Waals surface area contributed by atoms with Gasteiger partial charge >= 0.3 is 12.0 Å². The lowest BCUT2D eigenvalue weighted by Crippen LogP contribution is -2.45. The molecule has 0 saturated heterocycles. The summed E-state index contributed by atoms with van der Waals surface area (Å²) in [6.45, 7) is 6.31. The lowest BCUT2D eigenvalue weighted by Gasteiger charge is -2.28. The van der Waals surface area contributed by atoms with Gasteiger partial charge in [-0.05, 0) is 36.1 Å². The van der Waals surface area contributed by atoms with Crippen molar-refractivity contribution in [1.82, 2.24) is 10.6 Å². The van der Waals surface area contributed by atoms with Crippen LogP contribution in [0.15, 0.2) is 59.8 Å². The first kappa shape index (κ1) is 22.2. The zero-order valence-corrected chi connectivity index (χ0v) is 18.2. The minimum absolute atomic E-state index is 0.204. The van der Waals surface area contributed by atoms with E-state index in [9.17, 15) is 9.59 Å². The van der Waals surface area contributed by atoms with E-state index in [1.807, 2.05) is 50.2 Å². The van der Waals surface area contributed by atoms with Crippen molar-refractivity contribution < 1.29 is 23.8 Å². The number of allylic oxidation sites excluding steroid dienone is 1. The molecule has 164 valence electrons. The molecule has 7 nitrogen and oxygen atoms in total. The lowest BCUT2D eigenvalue weighted by molar-refractivity contribution is -0.140. The molecule has 2 aromatic carbocycles. The van der Waals surface area contributed by atoms with Crippen LogP contribution in [0.1, 0.15) is 37.9 Å². The molecule has 0 aliphatic carbocycles. The van der Waals surface area contributed by atoms with Crippen LogP contribution in [0.3, 0.4) is 0 Å². The summed E-state index contributed by atoms with van der Waals surface area (Å²) >= 11 is 0. The van der Waals surface area contributed by atoms with E-state index in [0.717, 1.165) is 5.56 Å². The predicted octanol–water partition coefficient (Wildman–Crippen LogP) is 4.10. The number of benzene rings is 2. The molecule has 7 heteroatoms. The topological polar surface area (TPSA) is 85.9 Å². The van der Waals surface area contributed by atoms with Gasteiger partial charge in [0.2, 0.25) is 0 Å². The minimum atomic E-state index is -0.662. The largest absolute Gasteiger partial charge is 0.493 e. The van der Waals surface area contributed by atoms with Gasteiger partial charge in [-0.15, -0.1) is 0 Å². The summed E-state index contributed by atoms with van der Waals surface area (Å²) in [5.41, 5.74) is 2.55. The molecule has 0 bridgehead atoms. The van der Waals surface area contributed by atoms with E-state index in [1.165, 1.54) is 0 Å². The average Bonchev–Trinajstić information content (AvgIpc) is 2.76. The van der Waals surface area contributed by atoms with Crippen molar-refractivity contribution in [2.75, 3.05) is 13.7 Å². The van der Waals surface area contributed by atoms with Gasteiger partial charge in [0.05, 0.1) is 25.3 Å². The fourth-order valence-electron chi connectivity index (χ4n) is 3.25. The zero-order chi connectivity index (χ0) is 22.4. The maximum absolute atomic E-state index is 12.8. The number of ether oxygens (including phenoxy) is 3. The first-order valence-electron chi connectivity index (χ1n) is 10.2. The van der Waals surface area contributed by atoms with Gasteiger partial charge < -0.3 is 24.8 Å². The van der Waals surface area contributed by atoms with Gasteiger partial charge in [0.25, 0.3) is 0 Å². The summed E-state index contributed by atoms with van der Waals surface area (Å²) in [6, 6.07) is 14.1. The molecular weight excluding hydrogens is 396 g/mol. The van der Waals surface area contributed by atoms with Crippen molar-refractivity contribution in [2.24, 2.45) is 5.92 Å². The summed E-state index contributed by atoms with van der Waals surface area (Å²) in [5.74, 6) is 0.816. The third kappa shape index (κ3) is 5.57. The minimum Gasteiger partial charge on any atom is -0.493 e. The molecule has 3 rings (SSSR count). The third-order valence-corrected chi connectivity index (χ3v) is 4.79. The first-order chi connectivity index (χ1) is 14.9. The van der Waals surface area contributed by atoms with Crippen LogP contribution >= 0.6 is 0 Å². The van der Waals surface area contributed by atoms with Gasteiger partial charge in [-0.2, -0.15) is 0 Å². The smallest absolute Gasteiger partial charge is 0.338 e. The predicted molar refractivity (Wildman–Crippen MR) is 117 cm³/mol. The number of rotatable bonds is 8. The Kier molecular flexibility index (Phi) is 7.18. The molecule has 1 aliphatic heterocycles.